The summed E-state index contributed by atoms with van der Waals surface area (Å²) in [5, 5.41) is 14.0. The lowest BCUT2D eigenvalue weighted by Crippen LogP contribution is -2.21. The fourth-order valence-electron chi connectivity index (χ4n) is 1.44. The summed E-state index contributed by atoms with van der Waals surface area (Å²) < 4.78 is 19.0. The minimum Gasteiger partial charge on any atom is -0.406 e. The lowest BCUT2D eigenvalue weighted by molar-refractivity contribution is 0.460. The van der Waals surface area contributed by atoms with Crippen molar-refractivity contribution in [2.24, 2.45) is 0 Å². The fourth-order valence-corrected chi connectivity index (χ4v) is 2.33. The first-order chi connectivity index (χ1) is 9.45. The van der Waals surface area contributed by atoms with Gasteiger partial charge in [0.1, 0.15) is 5.82 Å². The Morgan fingerprint density at radius 2 is 2.15 bits per heavy atom. The summed E-state index contributed by atoms with van der Waals surface area (Å²) in [6, 6.07) is 3.01. The molecular weight excluding hydrogens is 351 g/mol. The lowest BCUT2D eigenvalue weighted by Gasteiger charge is -2.07. The van der Waals surface area contributed by atoms with Crippen molar-refractivity contribution in [3.05, 3.63) is 33.3 Å². The summed E-state index contributed by atoms with van der Waals surface area (Å²) in [4.78, 5) is 0. The zero-order chi connectivity index (χ0) is 14.7. The summed E-state index contributed by atoms with van der Waals surface area (Å²) in [6.45, 7) is 4.51. The van der Waals surface area contributed by atoms with E-state index < -0.39 is 5.82 Å². The van der Waals surface area contributed by atoms with Crippen molar-refractivity contribution in [1.29, 1.82) is 0 Å². The molecule has 2 rings (SSSR count). The molecule has 0 saturated heterocycles. The Morgan fingerprint density at radius 3 is 2.80 bits per heavy atom. The minimum atomic E-state index is -0.431. The first kappa shape index (κ1) is 15.2. The number of anilines is 2. The maximum absolute atomic E-state index is 13.1. The number of halogens is 3. The third-order valence-electron chi connectivity index (χ3n) is 2.37. The van der Waals surface area contributed by atoms with Crippen molar-refractivity contribution in [1.82, 2.24) is 15.5 Å². The molecule has 2 aromatic rings. The topological polar surface area (TPSA) is 63.0 Å². The van der Waals surface area contributed by atoms with Gasteiger partial charge in [0.05, 0.1) is 17.3 Å². The van der Waals surface area contributed by atoms with Crippen molar-refractivity contribution in [2.75, 3.05) is 5.32 Å². The van der Waals surface area contributed by atoms with Crippen LogP contribution in [0.4, 0.5) is 16.1 Å². The standard InChI is InChI=1S/C12H13BrClFN4O/c1-6(2)16-5-10-18-19-12(20-10)17-11-8(13)3-7(15)4-9(11)14/h3-4,6,16H,5H2,1-2H3,(H,17,19). The second-order valence-electron chi connectivity index (χ2n) is 4.41. The molecule has 0 amide bonds. The summed E-state index contributed by atoms with van der Waals surface area (Å²) in [6.07, 6.45) is 0. The maximum atomic E-state index is 13.1. The Bertz CT molecular complexity index is 582. The zero-order valence-corrected chi connectivity index (χ0v) is 13.2. The largest absolute Gasteiger partial charge is 0.406 e. The predicted octanol–water partition coefficient (Wildman–Crippen LogP) is 3.87. The first-order valence-corrected chi connectivity index (χ1v) is 7.10. The highest BCUT2D eigenvalue weighted by molar-refractivity contribution is 9.10. The number of nitrogens with zero attached hydrogens (tertiary/aromatic N) is 2. The summed E-state index contributed by atoms with van der Waals surface area (Å²) in [5.74, 6) is 0.0235. The van der Waals surface area contributed by atoms with E-state index in [1.54, 1.807) is 0 Å². The quantitative estimate of drug-likeness (QED) is 0.844. The average molecular weight is 364 g/mol. The highest BCUT2D eigenvalue weighted by Gasteiger charge is 2.12. The number of hydrogen-bond donors (Lipinski definition) is 2. The normalized spacial score (nSPS) is 11.1. The predicted molar refractivity (Wildman–Crippen MR) is 78.7 cm³/mol. The lowest BCUT2D eigenvalue weighted by atomic mass is 10.3. The highest BCUT2D eigenvalue weighted by Crippen LogP contribution is 2.33. The van der Waals surface area contributed by atoms with E-state index in [9.17, 15) is 4.39 Å². The molecule has 0 saturated carbocycles. The molecule has 108 valence electrons. The monoisotopic (exact) mass is 362 g/mol. The van der Waals surface area contributed by atoms with Gasteiger partial charge in [-0.1, -0.05) is 30.5 Å². The molecule has 8 heteroatoms. The highest BCUT2D eigenvalue weighted by atomic mass is 79.9. The van der Waals surface area contributed by atoms with E-state index in [0.29, 0.717) is 28.6 Å². The molecule has 0 radical (unpaired) electrons. The fraction of sp³-hybridized carbons (Fsp3) is 0.333. The van der Waals surface area contributed by atoms with E-state index in [4.69, 9.17) is 16.0 Å². The molecule has 0 spiro atoms. The van der Waals surface area contributed by atoms with Crippen molar-refractivity contribution in [3.63, 3.8) is 0 Å². The Morgan fingerprint density at radius 1 is 1.40 bits per heavy atom. The molecule has 0 atom stereocenters. The van der Waals surface area contributed by atoms with Crippen LogP contribution < -0.4 is 10.6 Å². The molecule has 0 aliphatic rings. The van der Waals surface area contributed by atoms with Gasteiger partial charge in [-0.25, -0.2) is 4.39 Å². The smallest absolute Gasteiger partial charge is 0.320 e. The minimum absolute atomic E-state index is 0.194. The maximum Gasteiger partial charge on any atom is 0.320 e. The van der Waals surface area contributed by atoms with Crippen LogP contribution >= 0.6 is 27.5 Å². The number of aromatic nitrogens is 2. The Labute approximate surface area is 129 Å². The molecule has 0 unspecified atom stereocenters. The van der Waals surface area contributed by atoms with E-state index in [-0.39, 0.29) is 11.0 Å². The molecule has 1 heterocycles. The van der Waals surface area contributed by atoms with E-state index >= 15 is 0 Å². The molecule has 0 fully saturated rings. The van der Waals surface area contributed by atoms with Crippen LogP contribution in [0.1, 0.15) is 19.7 Å². The van der Waals surface area contributed by atoms with Crippen LogP contribution in [0.15, 0.2) is 21.0 Å². The summed E-state index contributed by atoms with van der Waals surface area (Å²) in [7, 11) is 0. The third-order valence-corrected chi connectivity index (χ3v) is 3.29. The zero-order valence-electron chi connectivity index (χ0n) is 10.9. The van der Waals surface area contributed by atoms with Crippen LogP contribution in [0.2, 0.25) is 5.02 Å². The van der Waals surface area contributed by atoms with Gasteiger partial charge in [-0.2, -0.15) is 0 Å². The van der Waals surface area contributed by atoms with Gasteiger partial charge in [-0.05, 0) is 28.1 Å². The van der Waals surface area contributed by atoms with E-state index in [2.05, 4.69) is 36.8 Å². The number of rotatable bonds is 5. The Hall–Kier alpha value is -1.18. The SMILES string of the molecule is CC(C)NCc1nnc(Nc2c(Cl)cc(F)cc2Br)o1. The van der Waals surface area contributed by atoms with Gasteiger partial charge in [0.2, 0.25) is 5.89 Å². The van der Waals surface area contributed by atoms with Crippen LogP contribution in [-0.4, -0.2) is 16.2 Å². The van der Waals surface area contributed by atoms with Gasteiger partial charge in [-0.3, -0.25) is 0 Å². The van der Waals surface area contributed by atoms with E-state index in [1.807, 2.05) is 13.8 Å². The van der Waals surface area contributed by atoms with Crippen molar-refractivity contribution >= 4 is 39.2 Å². The number of hydrogen-bond acceptors (Lipinski definition) is 5. The van der Waals surface area contributed by atoms with Gasteiger partial charge in [0.15, 0.2) is 0 Å². The van der Waals surface area contributed by atoms with Crippen LogP contribution in [-0.2, 0) is 6.54 Å². The molecule has 0 aliphatic heterocycles. The van der Waals surface area contributed by atoms with Crippen LogP contribution in [0.3, 0.4) is 0 Å². The number of nitrogens with one attached hydrogen (secondary N) is 2. The van der Waals surface area contributed by atoms with E-state index in [1.165, 1.54) is 12.1 Å². The average Bonchev–Trinajstić information content (AvgIpc) is 2.79. The van der Waals surface area contributed by atoms with Gasteiger partial charge >= 0.3 is 6.01 Å². The second kappa shape index (κ2) is 6.51. The summed E-state index contributed by atoms with van der Waals surface area (Å²) >= 11 is 9.18. The van der Waals surface area contributed by atoms with Crippen LogP contribution in [0, 0.1) is 5.82 Å². The van der Waals surface area contributed by atoms with Crippen LogP contribution in [0.5, 0.6) is 0 Å². The molecule has 5 nitrogen and oxygen atoms in total. The first-order valence-electron chi connectivity index (χ1n) is 5.93. The summed E-state index contributed by atoms with van der Waals surface area (Å²) in [5.41, 5.74) is 0.472. The van der Waals surface area contributed by atoms with Gasteiger partial charge in [0, 0.05) is 10.5 Å². The molecule has 2 N–H and O–H groups in total. The molecule has 1 aromatic heterocycles. The van der Waals surface area contributed by atoms with Crippen molar-refractivity contribution < 1.29 is 8.81 Å². The Balaban J connectivity index is 2.11. The van der Waals surface area contributed by atoms with Gasteiger partial charge < -0.3 is 15.1 Å². The van der Waals surface area contributed by atoms with Crippen molar-refractivity contribution in [2.45, 2.75) is 26.4 Å². The van der Waals surface area contributed by atoms with Crippen LogP contribution in [0.25, 0.3) is 0 Å². The molecule has 20 heavy (non-hydrogen) atoms. The number of benzene rings is 1. The van der Waals surface area contributed by atoms with E-state index in [0.717, 1.165) is 0 Å². The molecule has 0 bridgehead atoms. The second-order valence-corrected chi connectivity index (χ2v) is 5.67. The van der Waals surface area contributed by atoms with Crippen molar-refractivity contribution in [3.8, 4) is 0 Å². The van der Waals surface area contributed by atoms with Gasteiger partial charge in [0.25, 0.3) is 0 Å². The molecule has 1 aromatic carbocycles. The molecular formula is C12H13BrClFN4O. The molecule has 0 aliphatic carbocycles. The Kier molecular flexibility index (Phi) is 4.95. The van der Waals surface area contributed by atoms with Gasteiger partial charge in [-0.15, -0.1) is 5.10 Å². The third kappa shape index (κ3) is 3.91.